The predicted molar refractivity (Wildman–Crippen MR) is 83.0 cm³/mol. The summed E-state index contributed by atoms with van der Waals surface area (Å²) in [6.45, 7) is 9.57. The Labute approximate surface area is 123 Å². The van der Waals surface area contributed by atoms with Gasteiger partial charge >= 0.3 is 0 Å². The van der Waals surface area contributed by atoms with Gasteiger partial charge in [-0.05, 0) is 44.2 Å². The Kier molecular flexibility index (Phi) is 3.65. The molecule has 112 valence electrons. The van der Waals surface area contributed by atoms with Crippen LogP contribution in [-0.4, -0.2) is 22.6 Å². The zero-order chi connectivity index (χ0) is 14.2. The molecule has 3 nitrogen and oxygen atoms in total. The van der Waals surface area contributed by atoms with Gasteiger partial charge in [-0.1, -0.05) is 33.6 Å². The second-order valence-corrected chi connectivity index (χ2v) is 7.75. The summed E-state index contributed by atoms with van der Waals surface area (Å²) in [6, 6.07) is 0.625. The molecule has 20 heavy (non-hydrogen) atoms. The summed E-state index contributed by atoms with van der Waals surface area (Å²) in [6.07, 6.45) is 12.1. The summed E-state index contributed by atoms with van der Waals surface area (Å²) in [4.78, 5) is 4.53. The minimum Gasteiger partial charge on any atom is -0.330 e. The van der Waals surface area contributed by atoms with Crippen molar-refractivity contribution in [3.05, 3.63) is 18.2 Å². The van der Waals surface area contributed by atoms with Gasteiger partial charge in [0.2, 0.25) is 0 Å². The normalized spacial score (nSPS) is 29.2. The molecule has 2 heterocycles. The van der Waals surface area contributed by atoms with Gasteiger partial charge in [-0.3, -0.25) is 0 Å². The van der Waals surface area contributed by atoms with E-state index in [0.29, 0.717) is 16.9 Å². The molecule has 1 saturated carbocycles. The van der Waals surface area contributed by atoms with E-state index < -0.39 is 0 Å². The molecule has 3 rings (SSSR count). The average molecular weight is 275 g/mol. The van der Waals surface area contributed by atoms with Crippen LogP contribution in [0.4, 0.5) is 0 Å². The first-order chi connectivity index (χ1) is 9.53. The number of aromatic nitrogens is 2. The zero-order valence-corrected chi connectivity index (χ0v) is 13.3. The van der Waals surface area contributed by atoms with Crippen molar-refractivity contribution < 1.29 is 0 Å². The van der Waals surface area contributed by atoms with Crippen molar-refractivity contribution in [3.63, 3.8) is 0 Å². The van der Waals surface area contributed by atoms with E-state index in [1.165, 1.54) is 44.2 Å². The van der Waals surface area contributed by atoms with E-state index in [1.807, 2.05) is 0 Å². The number of rotatable bonds is 2. The summed E-state index contributed by atoms with van der Waals surface area (Å²) in [7, 11) is 0. The van der Waals surface area contributed by atoms with Crippen LogP contribution in [0.2, 0.25) is 0 Å². The summed E-state index contributed by atoms with van der Waals surface area (Å²) in [5, 5.41) is 3.49. The number of hydrogen-bond donors (Lipinski definition) is 1. The Morgan fingerprint density at radius 2 is 1.90 bits per heavy atom. The maximum absolute atomic E-state index is 4.53. The maximum atomic E-state index is 4.53. The molecule has 2 fully saturated rings. The molecule has 1 aliphatic carbocycles. The van der Waals surface area contributed by atoms with E-state index in [4.69, 9.17) is 0 Å². The number of nitrogens with zero attached hydrogens (tertiary/aromatic N) is 2. The van der Waals surface area contributed by atoms with E-state index in [9.17, 15) is 0 Å². The first kappa shape index (κ1) is 14.1. The van der Waals surface area contributed by atoms with Gasteiger partial charge in [-0.25, -0.2) is 4.98 Å². The Hall–Kier alpha value is -0.830. The van der Waals surface area contributed by atoms with Crippen LogP contribution in [0.5, 0.6) is 0 Å². The largest absolute Gasteiger partial charge is 0.330 e. The number of hydrogen-bond acceptors (Lipinski definition) is 2. The highest BCUT2D eigenvalue weighted by Crippen LogP contribution is 2.46. The molecule has 1 atom stereocenters. The predicted octanol–water partition coefficient (Wildman–Crippen LogP) is 3.67. The van der Waals surface area contributed by atoms with Crippen LogP contribution in [0.25, 0.3) is 0 Å². The first-order valence-corrected chi connectivity index (χ1v) is 8.26. The third kappa shape index (κ3) is 2.41. The zero-order valence-electron chi connectivity index (χ0n) is 13.3. The molecular formula is C17H29N3. The van der Waals surface area contributed by atoms with Crippen molar-refractivity contribution in [2.24, 2.45) is 5.41 Å². The van der Waals surface area contributed by atoms with Crippen LogP contribution in [0.15, 0.2) is 12.5 Å². The van der Waals surface area contributed by atoms with Gasteiger partial charge in [0.05, 0.1) is 6.33 Å². The maximum Gasteiger partial charge on any atom is 0.0951 e. The lowest BCUT2D eigenvalue weighted by Gasteiger charge is -2.43. The monoisotopic (exact) mass is 275 g/mol. The van der Waals surface area contributed by atoms with Crippen LogP contribution in [0.1, 0.15) is 71.0 Å². The van der Waals surface area contributed by atoms with Crippen molar-refractivity contribution in [2.45, 2.75) is 70.8 Å². The third-order valence-electron chi connectivity index (χ3n) is 5.78. The molecule has 3 heteroatoms. The number of imidazole rings is 1. The topological polar surface area (TPSA) is 29.9 Å². The van der Waals surface area contributed by atoms with Gasteiger partial charge in [0.1, 0.15) is 0 Å². The standard InChI is InChI=1S/C17H29N3/c1-16(2)7-5-4-6-14(16)20-13-19-12-15(20)17(3)8-10-18-11-9-17/h12-14,18H,4-11H2,1-3H3. The molecule has 0 radical (unpaired) electrons. The Morgan fingerprint density at radius 3 is 2.60 bits per heavy atom. The molecule has 1 aliphatic heterocycles. The summed E-state index contributed by atoms with van der Waals surface area (Å²) in [5.74, 6) is 0. The van der Waals surface area contributed by atoms with Crippen molar-refractivity contribution in [2.75, 3.05) is 13.1 Å². The van der Waals surface area contributed by atoms with Gasteiger partial charge in [0, 0.05) is 23.3 Å². The van der Waals surface area contributed by atoms with Crippen molar-refractivity contribution in [1.82, 2.24) is 14.9 Å². The molecule has 1 aromatic heterocycles. The first-order valence-electron chi connectivity index (χ1n) is 8.26. The van der Waals surface area contributed by atoms with E-state index in [-0.39, 0.29) is 0 Å². The average Bonchev–Trinajstić information content (AvgIpc) is 2.89. The van der Waals surface area contributed by atoms with Crippen molar-refractivity contribution in [3.8, 4) is 0 Å². The molecule has 0 bridgehead atoms. The fourth-order valence-corrected chi connectivity index (χ4v) is 4.25. The second-order valence-electron chi connectivity index (χ2n) is 7.75. The van der Waals surface area contributed by atoms with Crippen LogP contribution in [0, 0.1) is 5.41 Å². The number of nitrogens with one attached hydrogen (secondary N) is 1. The third-order valence-corrected chi connectivity index (χ3v) is 5.78. The molecule has 2 aliphatic rings. The van der Waals surface area contributed by atoms with Gasteiger partial charge < -0.3 is 9.88 Å². The summed E-state index contributed by atoms with van der Waals surface area (Å²) < 4.78 is 2.53. The lowest BCUT2D eigenvalue weighted by molar-refractivity contribution is 0.135. The van der Waals surface area contributed by atoms with E-state index in [2.05, 4.69) is 48.2 Å². The van der Waals surface area contributed by atoms with Crippen LogP contribution in [-0.2, 0) is 5.41 Å². The molecule has 1 N–H and O–H groups in total. The molecule has 0 amide bonds. The smallest absolute Gasteiger partial charge is 0.0951 e. The quantitative estimate of drug-likeness (QED) is 0.892. The van der Waals surface area contributed by atoms with E-state index >= 15 is 0 Å². The summed E-state index contributed by atoms with van der Waals surface area (Å²) in [5.41, 5.74) is 2.17. The van der Waals surface area contributed by atoms with E-state index in [1.54, 1.807) is 0 Å². The molecule has 1 aromatic rings. The minimum atomic E-state index is 0.301. The molecule has 0 aromatic carbocycles. The molecule has 1 unspecified atom stereocenters. The minimum absolute atomic E-state index is 0.301. The van der Waals surface area contributed by atoms with Gasteiger partial charge in [0.15, 0.2) is 0 Å². The molecule has 0 spiro atoms. The lowest BCUT2D eigenvalue weighted by Crippen LogP contribution is -2.40. The highest BCUT2D eigenvalue weighted by Gasteiger charge is 2.38. The van der Waals surface area contributed by atoms with Crippen molar-refractivity contribution >= 4 is 0 Å². The fraction of sp³-hybridized carbons (Fsp3) is 0.824. The Balaban J connectivity index is 1.93. The summed E-state index contributed by atoms with van der Waals surface area (Å²) >= 11 is 0. The van der Waals surface area contributed by atoms with Gasteiger partial charge in [-0.15, -0.1) is 0 Å². The highest BCUT2D eigenvalue weighted by atomic mass is 15.1. The molecule has 1 saturated heterocycles. The SMILES string of the molecule is CC1(c2cncn2C2CCCCC2(C)C)CCNCC1. The second kappa shape index (κ2) is 5.18. The Morgan fingerprint density at radius 1 is 1.15 bits per heavy atom. The number of piperidine rings is 1. The van der Waals surface area contributed by atoms with Gasteiger partial charge in [-0.2, -0.15) is 0 Å². The van der Waals surface area contributed by atoms with Crippen LogP contribution in [0.3, 0.4) is 0 Å². The Bertz CT molecular complexity index is 455. The highest BCUT2D eigenvalue weighted by molar-refractivity contribution is 5.17. The molecular weight excluding hydrogens is 246 g/mol. The van der Waals surface area contributed by atoms with Crippen LogP contribution < -0.4 is 5.32 Å². The van der Waals surface area contributed by atoms with Crippen LogP contribution >= 0.6 is 0 Å². The van der Waals surface area contributed by atoms with Gasteiger partial charge in [0.25, 0.3) is 0 Å². The fourth-order valence-electron chi connectivity index (χ4n) is 4.25. The van der Waals surface area contributed by atoms with E-state index in [0.717, 1.165) is 13.1 Å². The lowest BCUT2D eigenvalue weighted by atomic mass is 9.72. The van der Waals surface area contributed by atoms with Crippen molar-refractivity contribution in [1.29, 1.82) is 0 Å².